The highest BCUT2D eigenvalue weighted by molar-refractivity contribution is 6.01. The number of carbonyl (C=O) groups is 1. The molecule has 1 heterocycles. The summed E-state index contributed by atoms with van der Waals surface area (Å²) in [6, 6.07) is 4.56. The Hall–Kier alpha value is -3.09. The van der Waals surface area contributed by atoms with Gasteiger partial charge in [-0.1, -0.05) is 0 Å². The van der Waals surface area contributed by atoms with Crippen molar-refractivity contribution < 1.29 is 35.1 Å². The summed E-state index contributed by atoms with van der Waals surface area (Å²) in [5.74, 6) is -2.86. The third-order valence-electron chi connectivity index (χ3n) is 3.45. The first-order valence-electron chi connectivity index (χ1n) is 6.37. The topological polar surface area (TPSA) is 127 Å². The lowest BCUT2D eigenvalue weighted by atomic mass is 9.95. The van der Waals surface area contributed by atoms with E-state index in [0.29, 0.717) is 0 Å². The molecule has 0 unspecified atom stereocenters. The molecule has 2 aromatic carbocycles. The van der Waals surface area contributed by atoms with Gasteiger partial charge in [0, 0.05) is 11.6 Å². The van der Waals surface area contributed by atoms with Crippen LogP contribution in [-0.4, -0.2) is 31.3 Å². The van der Waals surface area contributed by atoms with Crippen LogP contribution in [-0.2, 0) is 0 Å². The zero-order valence-corrected chi connectivity index (χ0v) is 11.1. The second-order valence-corrected chi connectivity index (χ2v) is 4.98. The zero-order valence-electron chi connectivity index (χ0n) is 11.1. The molecular formula is C15H12O7. The smallest absolute Gasteiger partial charge is 0.200 e. The molecule has 0 saturated carbocycles. The zero-order chi connectivity index (χ0) is 16.0. The molecule has 0 spiro atoms. The van der Waals surface area contributed by atoms with Crippen molar-refractivity contribution >= 4 is 5.78 Å². The molecule has 7 heteroatoms. The Morgan fingerprint density at radius 3 is 2.18 bits per heavy atom. The van der Waals surface area contributed by atoms with Crippen molar-refractivity contribution in [3.63, 3.8) is 0 Å². The summed E-state index contributed by atoms with van der Waals surface area (Å²) in [7, 11) is 0. The second kappa shape index (κ2) is 4.73. The Balaban J connectivity index is 2.04. The first-order valence-corrected chi connectivity index (χ1v) is 6.37. The number of ether oxygens (including phenoxy) is 1. The van der Waals surface area contributed by atoms with Gasteiger partial charge >= 0.3 is 0 Å². The number of fused-ring (bicyclic) bond motifs is 1. The van der Waals surface area contributed by atoms with Crippen LogP contribution in [0.2, 0.25) is 0 Å². The molecule has 0 amide bonds. The number of phenols is 5. The quantitative estimate of drug-likeness (QED) is 0.509. The lowest BCUT2D eigenvalue weighted by molar-refractivity contribution is 0.0840. The molecule has 0 aromatic heterocycles. The molecule has 0 radical (unpaired) electrons. The molecule has 0 aliphatic carbocycles. The van der Waals surface area contributed by atoms with Crippen molar-refractivity contribution in [1.29, 1.82) is 0 Å². The van der Waals surface area contributed by atoms with Gasteiger partial charge in [-0.2, -0.15) is 0 Å². The van der Waals surface area contributed by atoms with Crippen LogP contribution in [0, 0.1) is 0 Å². The van der Waals surface area contributed by atoms with Gasteiger partial charge in [0.05, 0.1) is 12.0 Å². The van der Waals surface area contributed by atoms with Crippen LogP contribution < -0.4 is 4.74 Å². The van der Waals surface area contributed by atoms with Crippen molar-refractivity contribution in [2.75, 3.05) is 0 Å². The summed E-state index contributed by atoms with van der Waals surface area (Å²) in [6.45, 7) is 0. The maximum Gasteiger partial charge on any atom is 0.200 e. The lowest BCUT2D eigenvalue weighted by Gasteiger charge is -2.26. The van der Waals surface area contributed by atoms with E-state index in [1.165, 1.54) is 6.07 Å². The van der Waals surface area contributed by atoms with Gasteiger partial charge in [0.25, 0.3) is 0 Å². The number of carbonyl (C=O) groups excluding carboxylic acids is 1. The molecule has 0 saturated heterocycles. The number of Topliss-reactive ketones (excluding diaryl/α,β-unsaturated/α-hetero) is 1. The van der Waals surface area contributed by atoms with Gasteiger partial charge in [-0.3, -0.25) is 4.79 Å². The van der Waals surface area contributed by atoms with Gasteiger partial charge in [-0.25, -0.2) is 0 Å². The number of hydrogen-bond donors (Lipinski definition) is 5. The summed E-state index contributed by atoms with van der Waals surface area (Å²) in [5, 5.41) is 47.6. The predicted octanol–water partition coefficient (Wildman–Crippen LogP) is 1.92. The Morgan fingerprint density at radius 1 is 0.909 bits per heavy atom. The van der Waals surface area contributed by atoms with Crippen molar-refractivity contribution in [2.24, 2.45) is 0 Å². The van der Waals surface area contributed by atoms with Crippen LogP contribution in [0.4, 0.5) is 0 Å². The van der Waals surface area contributed by atoms with E-state index in [1.54, 1.807) is 0 Å². The molecule has 0 bridgehead atoms. The van der Waals surface area contributed by atoms with Gasteiger partial charge in [-0.15, -0.1) is 0 Å². The minimum absolute atomic E-state index is 0.0565. The van der Waals surface area contributed by atoms with E-state index >= 15 is 0 Å². The molecule has 5 N–H and O–H groups in total. The number of hydrogen-bond acceptors (Lipinski definition) is 7. The minimum atomic E-state index is -0.854. The predicted molar refractivity (Wildman–Crippen MR) is 73.5 cm³/mol. The highest BCUT2D eigenvalue weighted by Crippen LogP contribution is 2.45. The van der Waals surface area contributed by atoms with Crippen molar-refractivity contribution in [3.05, 3.63) is 35.4 Å². The van der Waals surface area contributed by atoms with Gasteiger partial charge in [-0.05, 0) is 18.2 Å². The van der Waals surface area contributed by atoms with E-state index in [2.05, 4.69) is 0 Å². The van der Waals surface area contributed by atoms with E-state index in [1.807, 2.05) is 0 Å². The normalized spacial score (nSPS) is 16.9. The van der Waals surface area contributed by atoms with Crippen LogP contribution >= 0.6 is 0 Å². The first kappa shape index (κ1) is 13.9. The van der Waals surface area contributed by atoms with E-state index in [9.17, 15) is 30.3 Å². The fourth-order valence-corrected chi connectivity index (χ4v) is 2.39. The van der Waals surface area contributed by atoms with Gasteiger partial charge in [0.2, 0.25) is 0 Å². The third-order valence-corrected chi connectivity index (χ3v) is 3.45. The van der Waals surface area contributed by atoms with Crippen LogP contribution in [0.15, 0.2) is 24.3 Å². The SMILES string of the molecule is O=C1C[C@H](c2cc(O)c(O)c(O)c2)Oc2c(O)cc(O)cc21. The summed E-state index contributed by atoms with van der Waals surface area (Å²) in [4.78, 5) is 12.1. The summed E-state index contributed by atoms with van der Waals surface area (Å²) >= 11 is 0. The molecule has 1 aliphatic heterocycles. The molecule has 114 valence electrons. The number of benzene rings is 2. The van der Waals surface area contributed by atoms with Crippen LogP contribution in [0.5, 0.6) is 34.5 Å². The van der Waals surface area contributed by atoms with Gasteiger partial charge in [0.1, 0.15) is 11.9 Å². The van der Waals surface area contributed by atoms with Gasteiger partial charge < -0.3 is 30.3 Å². The van der Waals surface area contributed by atoms with Crippen molar-refractivity contribution in [3.8, 4) is 34.5 Å². The fraction of sp³-hybridized carbons (Fsp3) is 0.133. The van der Waals surface area contributed by atoms with Crippen molar-refractivity contribution in [1.82, 2.24) is 0 Å². The number of phenolic OH excluding ortho intramolecular Hbond substituents is 5. The molecular weight excluding hydrogens is 292 g/mol. The van der Waals surface area contributed by atoms with Crippen LogP contribution in [0.25, 0.3) is 0 Å². The maximum atomic E-state index is 12.1. The maximum absolute atomic E-state index is 12.1. The lowest BCUT2D eigenvalue weighted by Crippen LogP contribution is -2.20. The van der Waals surface area contributed by atoms with E-state index in [0.717, 1.165) is 18.2 Å². The minimum Gasteiger partial charge on any atom is -0.508 e. The Labute approximate surface area is 124 Å². The number of rotatable bonds is 1. The fourth-order valence-electron chi connectivity index (χ4n) is 2.39. The molecule has 1 aliphatic rings. The molecule has 1 atom stereocenters. The van der Waals surface area contributed by atoms with Crippen LogP contribution in [0.3, 0.4) is 0 Å². The Kier molecular flexibility index (Phi) is 2.98. The van der Waals surface area contributed by atoms with E-state index < -0.39 is 23.4 Å². The summed E-state index contributed by atoms with van der Waals surface area (Å²) in [5.41, 5.74) is 0.320. The average molecular weight is 304 g/mol. The number of ketones is 1. The highest BCUT2D eigenvalue weighted by Gasteiger charge is 2.31. The molecule has 2 aromatic rings. The van der Waals surface area contributed by atoms with Crippen molar-refractivity contribution in [2.45, 2.75) is 12.5 Å². The highest BCUT2D eigenvalue weighted by atomic mass is 16.5. The Bertz CT molecular complexity index is 759. The Morgan fingerprint density at radius 2 is 1.55 bits per heavy atom. The first-order chi connectivity index (χ1) is 10.4. The largest absolute Gasteiger partial charge is 0.508 e. The standard InChI is InChI=1S/C15H12O7/c16-7-3-8-9(17)5-13(22-15(8)12(20)4-7)6-1-10(18)14(21)11(19)2-6/h1-4,13,16,18-21H,5H2/t13-/m1/s1. The summed E-state index contributed by atoms with van der Waals surface area (Å²) in [6.07, 6.45) is -0.965. The third kappa shape index (κ3) is 2.12. The van der Waals surface area contributed by atoms with Gasteiger partial charge in [0.15, 0.2) is 34.5 Å². The molecule has 3 rings (SSSR count). The van der Waals surface area contributed by atoms with Crippen LogP contribution in [0.1, 0.15) is 28.4 Å². The second-order valence-electron chi connectivity index (χ2n) is 4.98. The molecule has 22 heavy (non-hydrogen) atoms. The average Bonchev–Trinajstić information content (AvgIpc) is 2.45. The molecule has 0 fully saturated rings. The van der Waals surface area contributed by atoms with E-state index in [4.69, 9.17) is 4.74 Å². The summed E-state index contributed by atoms with van der Waals surface area (Å²) < 4.78 is 5.54. The monoisotopic (exact) mass is 304 g/mol. The van der Waals surface area contributed by atoms with E-state index in [-0.39, 0.29) is 40.6 Å². The molecule has 7 nitrogen and oxygen atoms in total. The number of aromatic hydroxyl groups is 5.